The van der Waals surface area contributed by atoms with Gasteiger partial charge in [0.25, 0.3) is 0 Å². The molecule has 0 N–H and O–H groups in total. The van der Waals surface area contributed by atoms with Crippen molar-refractivity contribution in [1.29, 1.82) is 10.5 Å². The number of nitriles is 2. The van der Waals surface area contributed by atoms with Crippen LogP contribution in [-0.4, -0.2) is 31.4 Å². The summed E-state index contributed by atoms with van der Waals surface area (Å²) >= 11 is 0. The zero-order valence-electron chi connectivity index (χ0n) is 15.8. The van der Waals surface area contributed by atoms with Crippen molar-refractivity contribution < 1.29 is 23.9 Å². The smallest absolute Gasteiger partial charge is 0.309 e. The lowest BCUT2D eigenvalue weighted by Gasteiger charge is -2.31. The van der Waals surface area contributed by atoms with Gasteiger partial charge < -0.3 is 9.47 Å². The highest BCUT2D eigenvalue weighted by molar-refractivity contribution is 6.03. The van der Waals surface area contributed by atoms with E-state index in [9.17, 15) is 24.9 Å². The lowest BCUT2D eigenvalue weighted by Crippen LogP contribution is -2.30. The quantitative estimate of drug-likeness (QED) is 0.544. The first-order valence-corrected chi connectivity index (χ1v) is 9.05. The molecule has 0 aromatic heterocycles. The molecule has 7 heteroatoms. The van der Waals surface area contributed by atoms with E-state index in [0.29, 0.717) is 29.6 Å². The maximum Gasteiger partial charge on any atom is 0.309 e. The van der Waals surface area contributed by atoms with Gasteiger partial charge in [0.1, 0.15) is 6.61 Å². The van der Waals surface area contributed by atoms with Crippen molar-refractivity contribution in [3.05, 3.63) is 34.4 Å². The Kier molecular flexibility index (Phi) is 5.20. The Bertz CT molecular complexity index is 911. The maximum atomic E-state index is 12.5. The van der Waals surface area contributed by atoms with Gasteiger partial charge in [-0.3, -0.25) is 14.4 Å². The average Bonchev–Trinajstić information content (AvgIpc) is 2.89. The summed E-state index contributed by atoms with van der Waals surface area (Å²) in [5.74, 6) is -1.65. The fourth-order valence-electron chi connectivity index (χ4n) is 4.27. The fraction of sp³-hybridized carbons (Fsp3) is 0.476. The molecule has 7 nitrogen and oxygen atoms in total. The predicted octanol–water partition coefficient (Wildman–Crippen LogP) is 2.31. The minimum absolute atomic E-state index is 0.0688. The summed E-state index contributed by atoms with van der Waals surface area (Å²) in [6.45, 7) is 1.10. The molecular weight excluding hydrogens is 360 g/mol. The molecule has 0 amide bonds. The Morgan fingerprint density at radius 2 is 2.04 bits per heavy atom. The van der Waals surface area contributed by atoms with E-state index in [0.717, 1.165) is 5.57 Å². The van der Waals surface area contributed by atoms with Gasteiger partial charge in [0.05, 0.1) is 25.2 Å². The maximum absolute atomic E-state index is 12.5. The molecule has 2 atom stereocenters. The normalized spacial score (nSPS) is 25.2. The minimum Gasteiger partial charge on any atom is -0.469 e. The van der Waals surface area contributed by atoms with Gasteiger partial charge in [-0.25, -0.2) is 0 Å². The van der Waals surface area contributed by atoms with Crippen LogP contribution in [0.4, 0.5) is 0 Å². The number of ketones is 1. The van der Waals surface area contributed by atoms with Crippen LogP contribution in [0.2, 0.25) is 0 Å². The number of allylic oxidation sites excluding steroid dienone is 5. The van der Waals surface area contributed by atoms with E-state index in [1.54, 1.807) is 6.08 Å². The third-order valence-corrected chi connectivity index (χ3v) is 5.67. The van der Waals surface area contributed by atoms with Crippen LogP contribution >= 0.6 is 0 Å². The van der Waals surface area contributed by atoms with Gasteiger partial charge in [-0.1, -0.05) is 12.2 Å². The molecule has 0 aromatic rings. The third-order valence-electron chi connectivity index (χ3n) is 5.67. The van der Waals surface area contributed by atoms with Gasteiger partial charge in [-0.05, 0) is 29.6 Å². The Labute approximate surface area is 162 Å². The van der Waals surface area contributed by atoms with E-state index in [2.05, 4.69) is 12.1 Å². The molecule has 0 heterocycles. The monoisotopic (exact) mass is 380 g/mol. The number of nitrogens with zero attached hydrogens (tertiary/aromatic N) is 2. The van der Waals surface area contributed by atoms with E-state index in [-0.39, 0.29) is 43.0 Å². The highest BCUT2D eigenvalue weighted by Gasteiger charge is 2.47. The summed E-state index contributed by atoms with van der Waals surface area (Å²) in [4.78, 5) is 35.7. The number of carbonyl (C=O) groups excluding carboxylic acids is 3. The average molecular weight is 380 g/mol. The van der Waals surface area contributed by atoms with Crippen molar-refractivity contribution in [3.63, 3.8) is 0 Å². The van der Waals surface area contributed by atoms with Gasteiger partial charge in [-0.2, -0.15) is 10.5 Å². The second-order valence-corrected chi connectivity index (χ2v) is 7.29. The van der Waals surface area contributed by atoms with Crippen LogP contribution in [-0.2, 0) is 23.9 Å². The number of carbonyl (C=O) groups is 3. The number of Topliss-reactive ketones (excluding diaryl/α,β-unsaturated/α-hetero) is 1. The predicted molar refractivity (Wildman–Crippen MR) is 96.0 cm³/mol. The largest absolute Gasteiger partial charge is 0.469 e. The molecular formula is C21H20N2O5. The molecule has 0 radical (unpaired) electrons. The molecule has 0 fully saturated rings. The van der Waals surface area contributed by atoms with Crippen LogP contribution in [0.5, 0.6) is 0 Å². The lowest BCUT2D eigenvalue weighted by molar-refractivity contribution is -0.146. The number of fused-ring (bicyclic) bond motifs is 2. The van der Waals surface area contributed by atoms with Gasteiger partial charge >= 0.3 is 11.9 Å². The fourth-order valence-corrected chi connectivity index (χ4v) is 4.27. The number of ether oxygens (including phenoxy) is 2. The molecule has 3 aliphatic rings. The van der Waals surface area contributed by atoms with Crippen LogP contribution in [0.3, 0.4) is 0 Å². The van der Waals surface area contributed by atoms with E-state index in [1.807, 2.05) is 6.08 Å². The Hall–Kier alpha value is -3.19. The molecule has 3 aliphatic carbocycles. The van der Waals surface area contributed by atoms with Gasteiger partial charge in [0, 0.05) is 31.3 Å². The summed E-state index contributed by atoms with van der Waals surface area (Å²) in [5.41, 5.74) is 0.956. The molecule has 28 heavy (non-hydrogen) atoms. The van der Waals surface area contributed by atoms with E-state index < -0.39 is 11.4 Å². The highest BCUT2D eigenvalue weighted by Crippen LogP contribution is 2.50. The molecule has 0 bridgehead atoms. The van der Waals surface area contributed by atoms with Crippen molar-refractivity contribution in [1.82, 2.24) is 0 Å². The molecule has 0 saturated carbocycles. The lowest BCUT2D eigenvalue weighted by atomic mass is 9.68. The van der Waals surface area contributed by atoms with Crippen molar-refractivity contribution in [3.8, 4) is 12.1 Å². The number of hydrogen-bond donors (Lipinski definition) is 0. The molecule has 0 spiro atoms. The van der Waals surface area contributed by atoms with E-state index in [4.69, 9.17) is 9.47 Å². The van der Waals surface area contributed by atoms with Gasteiger partial charge in [0.2, 0.25) is 0 Å². The topological polar surface area (TPSA) is 117 Å². The van der Waals surface area contributed by atoms with Crippen LogP contribution in [0.1, 0.15) is 32.6 Å². The summed E-state index contributed by atoms with van der Waals surface area (Å²) in [6.07, 6.45) is 4.74. The SMILES string of the molecule is COC(=O)C1CC=C2C(C=C3CC(=O)C(COC(C)=O)=C3CC2(C#N)C#N)C1. The highest BCUT2D eigenvalue weighted by atomic mass is 16.5. The van der Waals surface area contributed by atoms with E-state index in [1.165, 1.54) is 14.0 Å². The third kappa shape index (κ3) is 3.25. The molecule has 144 valence electrons. The molecule has 0 aliphatic heterocycles. The molecule has 0 aromatic carbocycles. The zero-order valence-corrected chi connectivity index (χ0v) is 15.8. The van der Waals surface area contributed by atoms with Crippen molar-refractivity contribution >= 4 is 17.7 Å². The molecule has 3 rings (SSSR count). The second-order valence-electron chi connectivity index (χ2n) is 7.29. The number of methoxy groups -OCH3 is 1. The second kappa shape index (κ2) is 7.44. The summed E-state index contributed by atoms with van der Waals surface area (Å²) in [5, 5.41) is 19.8. The number of esters is 2. The van der Waals surface area contributed by atoms with E-state index >= 15 is 0 Å². The van der Waals surface area contributed by atoms with Crippen molar-refractivity contribution in [2.45, 2.75) is 32.6 Å². The molecule has 0 saturated heterocycles. The first-order chi connectivity index (χ1) is 13.3. The number of rotatable bonds is 3. The van der Waals surface area contributed by atoms with Crippen molar-refractivity contribution in [2.75, 3.05) is 13.7 Å². The Morgan fingerprint density at radius 3 is 2.64 bits per heavy atom. The standard InChI is InChI=1S/C21H20N2O5/c1-12(24)28-9-17-16-8-21(10-22,11-23)18-4-3-13(20(26)27-2)5-15(18)6-14(16)7-19(17)25/h4,6,13,15H,3,5,7-9H2,1-2H3. The first kappa shape index (κ1) is 19.6. The van der Waals surface area contributed by atoms with Gasteiger partial charge in [-0.15, -0.1) is 0 Å². The summed E-state index contributed by atoms with van der Waals surface area (Å²) < 4.78 is 9.87. The first-order valence-electron chi connectivity index (χ1n) is 9.05. The Morgan fingerprint density at radius 1 is 1.32 bits per heavy atom. The van der Waals surface area contributed by atoms with Gasteiger partial charge in [0.15, 0.2) is 11.2 Å². The minimum atomic E-state index is -1.43. The van der Waals surface area contributed by atoms with Crippen LogP contribution < -0.4 is 0 Å². The number of hydrogen-bond acceptors (Lipinski definition) is 7. The summed E-state index contributed by atoms with van der Waals surface area (Å²) in [7, 11) is 1.33. The molecule has 2 unspecified atom stereocenters. The zero-order chi connectivity index (χ0) is 20.5. The van der Waals surface area contributed by atoms with Crippen LogP contribution in [0.25, 0.3) is 0 Å². The summed E-state index contributed by atoms with van der Waals surface area (Å²) in [6, 6.07) is 4.29. The Balaban J connectivity index is 2.09. The van der Waals surface area contributed by atoms with Crippen molar-refractivity contribution in [2.24, 2.45) is 17.3 Å². The van der Waals surface area contributed by atoms with Crippen LogP contribution in [0.15, 0.2) is 34.4 Å². The van der Waals surface area contributed by atoms with Crippen LogP contribution in [0, 0.1) is 39.9 Å².